The number of benzene rings is 1. The molecular weight excluding hydrogens is 306 g/mol. The van der Waals surface area contributed by atoms with Crippen molar-refractivity contribution in [2.45, 2.75) is 50.7 Å². The molecule has 0 aliphatic rings. The van der Waals surface area contributed by atoms with Gasteiger partial charge < -0.3 is 15.2 Å². The van der Waals surface area contributed by atoms with Crippen LogP contribution in [0.1, 0.15) is 50.2 Å². The molecule has 0 aliphatic carbocycles. The minimum absolute atomic E-state index is 0.489. The van der Waals surface area contributed by atoms with E-state index in [0.29, 0.717) is 12.0 Å². The molecule has 0 saturated heterocycles. The number of allylic oxidation sites excluding steroid dienone is 1. The predicted octanol–water partition coefficient (Wildman–Crippen LogP) is 2.90. The fraction of sp³-hybridized carbons (Fsp3) is 0.474. The van der Waals surface area contributed by atoms with Gasteiger partial charge in [0.15, 0.2) is 6.10 Å². The van der Waals surface area contributed by atoms with Gasteiger partial charge in [-0.05, 0) is 24.8 Å². The summed E-state index contributed by atoms with van der Waals surface area (Å²) in [4.78, 5) is 24.0. The van der Waals surface area contributed by atoms with Crippen LogP contribution in [-0.4, -0.2) is 30.1 Å². The molecule has 1 aromatic rings. The summed E-state index contributed by atoms with van der Waals surface area (Å²) in [6, 6.07) is 7.88. The van der Waals surface area contributed by atoms with E-state index in [1.165, 1.54) is 7.11 Å². The highest BCUT2D eigenvalue weighted by atomic mass is 16.5. The van der Waals surface area contributed by atoms with Gasteiger partial charge in [-0.25, -0.2) is 4.79 Å². The van der Waals surface area contributed by atoms with Crippen LogP contribution in [0.15, 0.2) is 43.0 Å². The van der Waals surface area contributed by atoms with Crippen molar-refractivity contribution in [3.05, 3.63) is 48.6 Å². The van der Waals surface area contributed by atoms with Crippen LogP contribution in [-0.2, 0) is 14.3 Å². The Morgan fingerprint density at radius 1 is 1.21 bits per heavy atom. The molecular formula is C19H27NO4. The number of hydrogen-bond donors (Lipinski definition) is 2. The van der Waals surface area contributed by atoms with Crippen molar-refractivity contribution in [3.8, 4) is 0 Å². The number of aliphatic hydroxyl groups is 1. The molecule has 0 saturated carbocycles. The van der Waals surface area contributed by atoms with E-state index in [9.17, 15) is 14.7 Å². The van der Waals surface area contributed by atoms with E-state index in [-0.39, 0.29) is 0 Å². The number of ether oxygens (including phenoxy) is 1. The molecule has 1 aromatic carbocycles. The molecule has 0 heterocycles. The lowest BCUT2D eigenvalue weighted by Crippen LogP contribution is -2.43. The smallest absolute Gasteiger partial charge is 0.328 e. The Morgan fingerprint density at radius 2 is 1.88 bits per heavy atom. The second kappa shape index (κ2) is 11.4. The molecule has 2 atom stereocenters. The zero-order chi connectivity index (χ0) is 17.8. The molecule has 0 fully saturated rings. The van der Waals surface area contributed by atoms with Crippen molar-refractivity contribution in [1.82, 2.24) is 5.32 Å². The van der Waals surface area contributed by atoms with Gasteiger partial charge in [0.25, 0.3) is 5.91 Å². The van der Waals surface area contributed by atoms with Gasteiger partial charge in [-0.2, -0.15) is 0 Å². The summed E-state index contributed by atoms with van der Waals surface area (Å²) in [5, 5.41) is 12.7. The van der Waals surface area contributed by atoms with Gasteiger partial charge in [0.1, 0.15) is 6.04 Å². The molecule has 5 nitrogen and oxygen atoms in total. The third-order valence-corrected chi connectivity index (χ3v) is 3.82. The lowest BCUT2D eigenvalue weighted by Gasteiger charge is -2.19. The van der Waals surface area contributed by atoms with Crippen LogP contribution in [0.4, 0.5) is 0 Å². The second-order valence-corrected chi connectivity index (χ2v) is 5.68. The summed E-state index contributed by atoms with van der Waals surface area (Å²) >= 11 is 0. The molecule has 24 heavy (non-hydrogen) atoms. The largest absolute Gasteiger partial charge is 0.467 e. The van der Waals surface area contributed by atoms with E-state index in [1.54, 1.807) is 30.3 Å². The molecule has 0 bridgehead atoms. The first-order valence-electron chi connectivity index (χ1n) is 8.32. The summed E-state index contributed by atoms with van der Waals surface area (Å²) in [5.74, 6) is -1.09. The first-order valence-corrected chi connectivity index (χ1v) is 8.32. The topological polar surface area (TPSA) is 75.6 Å². The number of amides is 1. The molecule has 0 spiro atoms. The van der Waals surface area contributed by atoms with Gasteiger partial charge in [0.05, 0.1) is 7.11 Å². The Labute approximate surface area is 143 Å². The van der Waals surface area contributed by atoms with Crippen LogP contribution in [0.2, 0.25) is 0 Å². The van der Waals surface area contributed by atoms with Crippen molar-refractivity contribution in [2.75, 3.05) is 7.11 Å². The monoisotopic (exact) mass is 333 g/mol. The zero-order valence-corrected chi connectivity index (χ0v) is 14.2. The minimum Gasteiger partial charge on any atom is -0.467 e. The molecule has 2 N–H and O–H groups in total. The average Bonchev–Trinajstić information content (AvgIpc) is 2.62. The Balaban J connectivity index is 2.51. The summed E-state index contributed by atoms with van der Waals surface area (Å²) in [6.07, 6.45) is 5.98. The number of esters is 1. The first-order chi connectivity index (χ1) is 11.6. The third-order valence-electron chi connectivity index (χ3n) is 3.82. The van der Waals surface area contributed by atoms with Gasteiger partial charge in [0.2, 0.25) is 0 Å². The quantitative estimate of drug-likeness (QED) is 0.371. The molecule has 0 unspecified atom stereocenters. The van der Waals surface area contributed by atoms with Crippen molar-refractivity contribution in [3.63, 3.8) is 0 Å². The summed E-state index contributed by atoms with van der Waals surface area (Å²) < 4.78 is 4.75. The fourth-order valence-corrected chi connectivity index (χ4v) is 2.42. The molecule has 0 radical (unpaired) electrons. The van der Waals surface area contributed by atoms with Gasteiger partial charge >= 0.3 is 5.97 Å². The number of nitrogens with one attached hydrogen (secondary N) is 1. The molecule has 0 aromatic heterocycles. The normalized spacial score (nSPS) is 12.9. The van der Waals surface area contributed by atoms with Crippen molar-refractivity contribution < 1.29 is 19.4 Å². The predicted molar refractivity (Wildman–Crippen MR) is 93.2 cm³/mol. The number of carbonyl (C=O) groups is 2. The van der Waals surface area contributed by atoms with Gasteiger partial charge in [-0.1, -0.05) is 55.7 Å². The SMILES string of the molecule is C=CCCCCCC[C@H](NC(=O)[C@@H](O)c1ccccc1)C(=O)OC. The van der Waals surface area contributed by atoms with E-state index in [1.807, 2.05) is 6.08 Å². The van der Waals surface area contributed by atoms with E-state index in [0.717, 1.165) is 32.1 Å². The maximum Gasteiger partial charge on any atom is 0.328 e. The molecule has 1 amide bonds. The Bertz CT molecular complexity index is 515. The Morgan fingerprint density at radius 3 is 2.50 bits per heavy atom. The van der Waals surface area contributed by atoms with E-state index >= 15 is 0 Å². The Hall–Kier alpha value is -2.14. The van der Waals surface area contributed by atoms with Crippen LogP contribution in [0.3, 0.4) is 0 Å². The maximum absolute atomic E-state index is 12.2. The third kappa shape index (κ3) is 6.96. The maximum atomic E-state index is 12.2. The first kappa shape index (κ1) is 19.9. The summed E-state index contributed by atoms with van der Waals surface area (Å²) in [5.41, 5.74) is 0.489. The lowest BCUT2D eigenvalue weighted by molar-refractivity contribution is -0.146. The molecule has 5 heteroatoms. The van der Waals surface area contributed by atoms with Crippen LogP contribution in [0.5, 0.6) is 0 Å². The van der Waals surface area contributed by atoms with Crippen LogP contribution >= 0.6 is 0 Å². The molecule has 132 valence electrons. The fourth-order valence-electron chi connectivity index (χ4n) is 2.42. The Kier molecular flexibility index (Phi) is 9.46. The molecule has 1 rings (SSSR count). The number of carbonyl (C=O) groups excluding carboxylic acids is 2. The highest BCUT2D eigenvalue weighted by molar-refractivity contribution is 5.87. The number of rotatable bonds is 11. The van der Waals surface area contributed by atoms with Gasteiger partial charge in [0, 0.05) is 0 Å². The lowest BCUT2D eigenvalue weighted by atomic mass is 10.0. The van der Waals surface area contributed by atoms with E-state index in [4.69, 9.17) is 4.74 Å². The standard InChI is InChI=1S/C19H27NO4/c1-3-4-5-6-7-11-14-16(19(23)24-2)20-18(22)17(21)15-12-9-8-10-13-15/h3,8-10,12-13,16-17,21H,1,4-7,11,14H2,2H3,(H,20,22)/t16-,17-/m0/s1. The van der Waals surface area contributed by atoms with Gasteiger partial charge in [-0.3, -0.25) is 4.79 Å². The zero-order valence-electron chi connectivity index (χ0n) is 14.2. The molecule has 0 aliphatic heterocycles. The minimum atomic E-state index is -1.30. The summed E-state index contributed by atoms with van der Waals surface area (Å²) in [7, 11) is 1.29. The number of aliphatic hydroxyl groups excluding tert-OH is 1. The van der Waals surface area contributed by atoms with Crippen molar-refractivity contribution in [2.24, 2.45) is 0 Å². The van der Waals surface area contributed by atoms with Crippen LogP contribution in [0, 0.1) is 0 Å². The summed E-state index contributed by atoms with van der Waals surface area (Å²) in [6.45, 7) is 3.68. The highest BCUT2D eigenvalue weighted by Crippen LogP contribution is 2.14. The van der Waals surface area contributed by atoms with Crippen LogP contribution < -0.4 is 5.32 Å². The van der Waals surface area contributed by atoms with Crippen LogP contribution in [0.25, 0.3) is 0 Å². The van der Waals surface area contributed by atoms with Gasteiger partial charge in [-0.15, -0.1) is 6.58 Å². The average molecular weight is 333 g/mol. The van der Waals surface area contributed by atoms with E-state index < -0.39 is 24.0 Å². The number of unbranched alkanes of at least 4 members (excludes halogenated alkanes) is 4. The van der Waals surface area contributed by atoms with Crippen molar-refractivity contribution in [1.29, 1.82) is 0 Å². The van der Waals surface area contributed by atoms with Crippen molar-refractivity contribution >= 4 is 11.9 Å². The highest BCUT2D eigenvalue weighted by Gasteiger charge is 2.25. The number of hydrogen-bond acceptors (Lipinski definition) is 4. The number of methoxy groups -OCH3 is 1. The van der Waals surface area contributed by atoms with E-state index in [2.05, 4.69) is 11.9 Å². The second-order valence-electron chi connectivity index (χ2n) is 5.68.